The summed E-state index contributed by atoms with van der Waals surface area (Å²) in [4.78, 5) is 16.5. The van der Waals surface area contributed by atoms with E-state index in [9.17, 15) is 4.79 Å². The molecule has 1 aliphatic rings. The van der Waals surface area contributed by atoms with Crippen LogP contribution in [0.1, 0.15) is 28.5 Å². The fourth-order valence-corrected chi connectivity index (χ4v) is 5.48. The summed E-state index contributed by atoms with van der Waals surface area (Å²) < 4.78 is 36.5. The van der Waals surface area contributed by atoms with Crippen molar-refractivity contribution >= 4 is 38.2 Å². The number of carbonyl (C=O) groups excluding carboxylic acids is 1. The number of rotatable bonds is 9. The number of ether oxygens (including phenoxy) is 6. The largest absolute Gasteiger partial charge is 0.493 e. The highest BCUT2D eigenvalue weighted by atomic mass is 16.7. The number of pyridine rings is 1. The Bertz CT molecular complexity index is 2070. The molecule has 6 aromatic rings. The van der Waals surface area contributed by atoms with Crippen molar-refractivity contribution in [2.24, 2.45) is 0 Å². The Labute approximate surface area is 251 Å². The second kappa shape index (κ2) is 10.9. The van der Waals surface area contributed by atoms with Crippen molar-refractivity contribution in [3.05, 3.63) is 77.6 Å². The van der Waals surface area contributed by atoms with Crippen molar-refractivity contribution in [3.63, 3.8) is 0 Å². The van der Waals surface area contributed by atoms with Gasteiger partial charge in [-0.1, -0.05) is 29.5 Å². The molecule has 0 amide bonds. The van der Waals surface area contributed by atoms with Gasteiger partial charge in [-0.25, -0.2) is 9.67 Å². The lowest BCUT2D eigenvalue weighted by Crippen LogP contribution is -2.01. The van der Waals surface area contributed by atoms with Gasteiger partial charge in [0.15, 0.2) is 28.8 Å². The summed E-state index contributed by atoms with van der Waals surface area (Å²) in [7, 11) is 4.77. The quantitative estimate of drug-likeness (QED) is 0.153. The molecule has 0 saturated heterocycles. The summed E-state index contributed by atoms with van der Waals surface area (Å²) in [6, 6.07) is 17.0. The third-order valence-electron chi connectivity index (χ3n) is 7.67. The van der Waals surface area contributed by atoms with Crippen LogP contribution < -0.4 is 28.4 Å². The molecule has 0 aliphatic carbocycles. The summed E-state index contributed by atoms with van der Waals surface area (Å²) in [5.41, 5.74) is 2.99. The van der Waals surface area contributed by atoms with E-state index in [1.807, 2.05) is 60.8 Å². The molecular formula is C33H28N4O7. The average Bonchev–Trinajstić information content (AvgIpc) is 3.70. The number of ketones is 1. The molecule has 222 valence electrons. The zero-order chi connectivity index (χ0) is 30.4. The molecule has 11 heteroatoms. The molecule has 0 radical (unpaired) electrons. The maximum Gasteiger partial charge on any atom is 0.231 e. The van der Waals surface area contributed by atoms with Crippen LogP contribution in [0.15, 0.2) is 60.8 Å². The van der Waals surface area contributed by atoms with Gasteiger partial charge in [0.25, 0.3) is 0 Å². The van der Waals surface area contributed by atoms with E-state index >= 15 is 0 Å². The highest BCUT2D eigenvalue weighted by Gasteiger charge is 2.22. The Hall–Kier alpha value is -5.58. The van der Waals surface area contributed by atoms with Gasteiger partial charge >= 0.3 is 0 Å². The van der Waals surface area contributed by atoms with Crippen LogP contribution in [0.2, 0.25) is 0 Å². The smallest absolute Gasteiger partial charge is 0.231 e. The van der Waals surface area contributed by atoms with Crippen LogP contribution in [-0.2, 0) is 13.2 Å². The molecule has 1 aliphatic heterocycles. The Balaban J connectivity index is 1.31. The Morgan fingerprint density at radius 2 is 1.59 bits per heavy atom. The van der Waals surface area contributed by atoms with Crippen LogP contribution in [0.25, 0.3) is 32.4 Å². The van der Waals surface area contributed by atoms with E-state index in [1.54, 1.807) is 32.9 Å². The first-order chi connectivity index (χ1) is 21.4. The van der Waals surface area contributed by atoms with Crippen LogP contribution >= 0.6 is 0 Å². The van der Waals surface area contributed by atoms with E-state index in [4.69, 9.17) is 33.4 Å². The fraction of sp³-hybridized carbons (Fsp3) is 0.212. The monoisotopic (exact) mass is 592 g/mol. The maximum absolute atomic E-state index is 11.6. The van der Waals surface area contributed by atoms with E-state index in [1.165, 1.54) is 0 Å². The van der Waals surface area contributed by atoms with Crippen LogP contribution in [0.3, 0.4) is 0 Å². The van der Waals surface area contributed by atoms with Crippen molar-refractivity contribution in [1.82, 2.24) is 20.0 Å². The zero-order valence-electron chi connectivity index (χ0n) is 24.5. The molecule has 0 bridgehead atoms. The van der Waals surface area contributed by atoms with E-state index < -0.39 is 0 Å². The first-order valence-corrected chi connectivity index (χ1v) is 13.9. The van der Waals surface area contributed by atoms with Gasteiger partial charge < -0.3 is 28.4 Å². The first kappa shape index (κ1) is 27.3. The molecule has 0 saturated carbocycles. The molecule has 11 nitrogen and oxygen atoms in total. The lowest BCUT2D eigenvalue weighted by Gasteiger charge is -2.17. The minimum absolute atomic E-state index is 0.0298. The minimum Gasteiger partial charge on any atom is -0.493 e. The number of hydrogen-bond donors (Lipinski definition) is 0. The molecule has 0 spiro atoms. The van der Waals surface area contributed by atoms with Gasteiger partial charge in [-0.3, -0.25) is 4.79 Å². The molecule has 44 heavy (non-hydrogen) atoms. The van der Waals surface area contributed by atoms with Gasteiger partial charge in [0.2, 0.25) is 12.7 Å². The van der Waals surface area contributed by atoms with Crippen molar-refractivity contribution in [2.45, 2.75) is 20.1 Å². The molecule has 0 atom stereocenters. The molecule has 0 N–H and O–H groups in total. The van der Waals surface area contributed by atoms with Crippen LogP contribution in [0.4, 0.5) is 0 Å². The van der Waals surface area contributed by atoms with Gasteiger partial charge in [0.05, 0.1) is 45.0 Å². The van der Waals surface area contributed by atoms with E-state index in [2.05, 4.69) is 10.3 Å². The summed E-state index contributed by atoms with van der Waals surface area (Å²) >= 11 is 0. The Kier molecular flexibility index (Phi) is 6.77. The van der Waals surface area contributed by atoms with Gasteiger partial charge in [-0.2, -0.15) is 0 Å². The first-order valence-electron chi connectivity index (χ1n) is 13.9. The normalized spacial score (nSPS) is 12.2. The third kappa shape index (κ3) is 4.72. The second-order valence-corrected chi connectivity index (χ2v) is 10.3. The van der Waals surface area contributed by atoms with Crippen molar-refractivity contribution in [2.75, 3.05) is 28.1 Å². The van der Waals surface area contributed by atoms with E-state index in [-0.39, 0.29) is 19.2 Å². The number of nitrogens with zero attached hydrogens (tertiary/aromatic N) is 4. The Morgan fingerprint density at radius 3 is 2.30 bits per heavy atom. The van der Waals surface area contributed by atoms with Crippen LogP contribution in [-0.4, -0.2) is 53.9 Å². The molecule has 0 unspecified atom stereocenters. The highest BCUT2D eigenvalue weighted by Crippen LogP contribution is 2.46. The molecule has 4 aromatic carbocycles. The van der Waals surface area contributed by atoms with E-state index in [0.717, 1.165) is 32.5 Å². The number of Topliss-reactive ketones (excluding diaryl/α,β-unsaturated/α-hetero) is 1. The van der Waals surface area contributed by atoms with Gasteiger partial charge in [-0.15, -0.1) is 5.10 Å². The van der Waals surface area contributed by atoms with Crippen molar-refractivity contribution < 1.29 is 33.2 Å². The number of benzene rings is 4. The van der Waals surface area contributed by atoms with Crippen molar-refractivity contribution in [1.29, 1.82) is 0 Å². The average molecular weight is 593 g/mol. The van der Waals surface area contributed by atoms with Crippen LogP contribution in [0.5, 0.6) is 34.6 Å². The summed E-state index contributed by atoms with van der Waals surface area (Å²) in [5.74, 6) is 3.47. The number of hydrogen-bond acceptors (Lipinski definition) is 10. The molecule has 0 fully saturated rings. The van der Waals surface area contributed by atoms with Crippen molar-refractivity contribution in [3.8, 4) is 34.6 Å². The van der Waals surface area contributed by atoms with Gasteiger partial charge in [0, 0.05) is 21.7 Å². The SMILES string of the molecule is COc1cc2c(OC)nc3c4cc5c(cc4cc(OCc4cn(Cc6ccc(C(C)=O)cc6)nn4)c3c2cc1OC)OCO5. The van der Waals surface area contributed by atoms with Gasteiger partial charge in [0.1, 0.15) is 18.1 Å². The highest BCUT2D eigenvalue weighted by molar-refractivity contribution is 6.20. The lowest BCUT2D eigenvalue weighted by atomic mass is 9.99. The topological polar surface area (TPSA) is 116 Å². The third-order valence-corrected chi connectivity index (χ3v) is 7.67. The molecular weight excluding hydrogens is 564 g/mol. The summed E-state index contributed by atoms with van der Waals surface area (Å²) in [6.07, 6.45) is 1.84. The zero-order valence-corrected chi connectivity index (χ0v) is 24.5. The predicted octanol–water partition coefficient (Wildman–Crippen LogP) is 5.72. The number of aromatic nitrogens is 4. The predicted molar refractivity (Wildman–Crippen MR) is 162 cm³/mol. The number of methoxy groups -OCH3 is 3. The lowest BCUT2D eigenvalue weighted by molar-refractivity contribution is 0.101. The standard InChI is InChI=1S/C33H28N4O7/c1-18(38)20-7-5-19(6-8-20)14-37-15-22(35-36-37)16-42-30-10-21-9-28-29(44-17-43-28)11-23(21)32-31(30)24-12-26(39-2)27(40-3)13-25(24)33(34-32)41-4/h5-13,15H,14,16-17H2,1-4H3. The maximum atomic E-state index is 11.6. The minimum atomic E-state index is 0.0298. The fourth-order valence-electron chi connectivity index (χ4n) is 5.48. The van der Waals surface area contributed by atoms with E-state index in [0.29, 0.717) is 57.9 Å². The molecule has 2 aromatic heterocycles. The molecule has 3 heterocycles. The number of carbonyl (C=O) groups is 1. The molecule has 7 rings (SSSR count). The Morgan fingerprint density at radius 1 is 0.864 bits per heavy atom. The second-order valence-electron chi connectivity index (χ2n) is 10.3. The number of fused-ring (bicyclic) bond motifs is 6. The summed E-state index contributed by atoms with van der Waals surface area (Å²) in [5, 5.41) is 12.7. The van der Waals surface area contributed by atoms with Gasteiger partial charge in [-0.05, 0) is 48.2 Å². The summed E-state index contributed by atoms with van der Waals surface area (Å²) in [6.45, 7) is 2.37. The van der Waals surface area contributed by atoms with Crippen LogP contribution in [0, 0.1) is 0 Å².